The molecule has 0 unspecified atom stereocenters. The number of nitrogens with zero attached hydrogens (tertiary/aromatic N) is 4. The summed E-state index contributed by atoms with van der Waals surface area (Å²) < 4.78 is 43.0. The average molecular weight is 575 g/mol. The van der Waals surface area contributed by atoms with E-state index in [-0.39, 0.29) is 36.3 Å². The number of halogens is 3. The molecule has 2 amide bonds. The van der Waals surface area contributed by atoms with Gasteiger partial charge in [0.25, 0.3) is 5.91 Å². The molecule has 0 bridgehead atoms. The monoisotopic (exact) mass is 574 g/mol. The number of benzene rings is 2. The SMILES string of the molecule is Cc1ccc(F)c(N(C(=O)[C@@H]2CCC(=O)N2c2cc(C#N)ccn2)[C@H](C(=O)CC2CC(F)(F)C2)c2ccccc2C)c1. The lowest BCUT2D eigenvalue weighted by atomic mass is 9.76. The molecule has 2 aliphatic rings. The van der Waals surface area contributed by atoms with Crippen molar-refractivity contribution >= 4 is 29.1 Å². The van der Waals surface area contributed by atoms with Gasteiger partial charge in [0.05, 0.1) is 17.3 Å². The predicted molar refractivity (Wildman–Crippen MR) is 149 cm³/mol. The van der Waals surface area contributed by atoms with Crippen LogP contribution in [0.15, 0.2) is 60.8 Å². The van der Waals surface area contributed by atoms with Crippen molar-refractivity contribution in [1.29, 1.82) is 5.26 Å². The van der Waals surface area contributed by atoms with Crippen LogP contribution in [0.4, 0.5) is 24.7 Å². The molecule has 0 radical (unpaired) electrons. The number of hydrogen-bond donors (Lipinski definition) is 0. The molecule has 0 spiro atoms. The molecule has 5 rings (SSSR count). The van der Waals surface area contributed by atoms with Crippen molar-refractivity contribution in [3.63, 3.8) is 0 Å². The number of carbonyl (C=O) groups is 3. The second-order valence-electron chi connectivity index (χ2n) is 11.1. The molecule has 2 atom stereocenters. The number of alkyl halides is 2. The van der Waals surface area contributed by atoms with E-state index in [0.717, 1.165) is 4.90 Å². The number of hydrogen-bond acceptors (Lipinski definition) is 5. The number of aromatic nitrogens is 1. The molecule has 1 saturated heterocycles. The number of aryl methyl sites for hydroxylation is 2. The van der Waals surface area contributed by atoms with Gasteiger partial charge in [-0.1, -0.05) is 30.3 Å². The number of carbonyl (C=O) groups excluding carboxylic acids is 3. The first-order chi connectivity index (χ1) is 20.0. The van der Waals surface area contributed by atoms with Crippen molar-refractivity contribution in [1.82, 2.24) is 4.98 Å². The van der Waals surface area contributed by atoms with Crippen LogP contribution < -0.4 is 9.80 Å². The lowest BCUT2D eigenvalue weighted by molar-refractivity contribution is -0.135. The fourth-order valence-electron chi connectivity index (χ4n) is 5.85. The van der Waals surface area contributed by atoms with Crippen LogP contribution in [0.2, 0.25) is 0 Å². The molecular weight excluding hydrogens is 545 g/mol. The van der Waals surface area contributed by atoms with Crippen LogP contribution in [-0.2, 0) is 14.4 Å². The highest BCUT2D eigenvalue weighted by Crippen LogP contribution is 2.46. The van der Waals surface area contributed by atoms with E-state index in [1.54, 1.807) is 38.1 Å². The van der Waals surface area contributed by atoms with Crippen LogP contribution in [0, 0.1) is 36.9 Å². The van der Waals surface area contributed by atoms with Crippen LogP contribution in [0.1, 0.15) is 60.4 Å². The Morgan fingerprint density at radius 2 is 1.88 bits per heavy atom. The third kappa shape index (κ3) is 5.64. The minimum atomic E-state index is -2.84. The van der Waals surface area contributed by atoms with Gasteiger partial charge in [-0.3, -0.25) is 24.2 Å². The molecule has 2 heterocycles. The van der Waals surface area contributed by atoms with Crippen molar-refractivity contribution in [2.45, 2.75) is 64.0 Å². The van der Waals surface area contributed by atoms with Crippen LogP contribution in [-0.4, -0.2) is 34.5 Å². The van der Waals surface area contributed by atoms with Gasteiger partial charge in [-0.15, -0.1) is 0 Å². The largest absolute Gasteiger partial charge is 0.297 e. The van der Waals surface area contributed by atoms with E-state index in [1.807, 2.05) is 6.07 Å². The van der Waals surface area contributed by atoms with Crippen LogP contribution in [0.25, 0.3) is 0 Å². The van der Waals surface area contributed by atoms with Gasteiger partial charge < -0.3 is 0 Å². The number of pyridine rings is 1. The molecule has 2 aromatic carbocycles. The highest BCUT2D eigenvalue weighted by Gasteiger charge is 2.48. The fourth-order valence-corrected chi connectivity index (χ4v) is 5.85. The van der Waals surface area contributed by atoms with E-state index >= 15 is 4.39 Å². The highest BCUT2D eigenvalue weighted by atomic mass is 19.3. The first-order valence-electron chi connectivity index (χ1n) is 13.7. The smallest absolute Gasteiger partial charge is 0.251 e. The van der Waals surface area contributed by atoms with Gasteiger partial charge in [0.1, 0.15) is 23.7 Å². The zero-order chi connectivity index (χ0) is 30.2. The molecule has 1 aliphatic heterocycles. The summed E-state index contributed by atoms with van der Waals surface area (Å²) in [5.41, 5.74) is 1.80. The Kier molecular flexibility index (Phi) is 7.87. The van der Waals surface area contributed by atoms with Gasteiger partial charge in [-0.2, -0.15) is 5.26 Å². The van der Waals surface area contributed by atoms with Crippen LogP contribution in [0.3, 0.4) is 0 Å². The first-order valence-corrected chi connectivity index (χ1v) is 13.7. The second kappa shape index (κ2) is 11.4. The number of amides is 2. The number of ketones is 1. The van der Waals surface area contributed by atoms with Crippen molar-refractivity contribution < 1.29 is 27.6 Å². The summed E-state index contributed by atoms with van der Waals surface area (Å²) in [4.78, 5) is 48.2. The summed E-state index contributed by atoms with van der Waals surface area (Å²) in [5, 5.41) is 9.37. The maximum absolute atomic E-state index is 15.6. The molecule has 1 aliphatic carbocycles. The molecule has 10 heteroatoms. The Hall–Kier alpha value is -4.52. The summed E-state index contributed by atoms with van der Waals surface area (Å²) in [5.74, 6) is -5.69. The highest BCUT2D eigenvalue weighted by molar-refractivity contribution is 6.11. The van der Waals surface area contributed by atoms with Crippen LogP contribution in [0.5, 0.6) is 0 Å². The van der Waals surface area contributed by atoms with Crippen molar-refractivity contribution in [3.8, 4) is 6.07 Å². The summed E-state index contributed by atoms with van der Waals surface area (Å²) in [6.45, 7) is 3.47. The van der Waals surface area contributed by atoms with E-state index in [9.17, 15) is 28.4 Å². The zero-order valence-corrected chi connectivity index (χ0v) is 23.2. The Morgan fingerprint density at radius 3 is 2.57 bits per heavy atom. The molecular formula is C32H29F3N4O3. The van der Waals surface area contributed by atoms with Gasteiger partial charge in [0.15, 0.2) is 5.78 Å². The summed E-state index contributed by atoms with van der Waals surface area (Å²) >= 11 is 0. The fraction of sp³-hybridized carbons (Fsp3) is 0.344. The minimum absolute atomic E-state index is 0.000851. The number of anilines is 2. The van der Waals surface area contributed by atoms with E-state index in [0.29, 0.717) is 16.7 Å². The molecule has 0 N–H and O–H groups in total. The molecule has 1 saturated carbocycles. The van der Waals surface area contributed by atoms with E-state index in [2.05, 4.69) is 4.98 Å². The number of Topliss-reactive ketones (excluding diaryl/α,β-unsaturated/α-hetero) is 1. The van der Waals surface area contributed by atoms with E-state index in [1.165, 1.54) is 41.4 Å². The first kappa shape index (κ1) is 29.0. The molecule has 3 aromatic rings. The normalized spacial score (nSPS) is 18.7. The predicted octanol–water partition coefficient (Wildman–Crippen LogP) is 5.98. The summed E-state index contributed by atoms with van der Waals surface area (Å²) in [6.07, 6.45) is 0.344. The van der Waals surface area contributed by atoms with Gasteiger partial charge in [-0.25, -0.2) is 18.2 Å². The Bertz CT molecular complexity index is 1590. The minimum Gasteiger partial charge on any atom is -0.297 e. The Balaban J connectivity index is 1.64. The lowest BCUT2D eigenvalue weighted by Gasteiger charge is -2.39. The van der Waals surface area contributed by atoms with Crippen molar-refractivity contribution in [3.05, 3.63) is 88.9 Å². The third-order valence-corrected chi connectivity index (χ3v) is 7.93. The Morgan fingerprint density at radius 1 is 1.14 bits per heavy atom. The van der Waals surface area contributed by atoms with Crippen molar-refractivity contribution in [2.24, 2.45) is 5.92 Å². The topological polar surface area (TPSA) is 94.4 Å². The van der Waals surface area contributed by atoms with Gasteiger partial charge in [0.2, 0.25) is 11.8 Å². The third-order valence-electron chi connectivity index (χ3n) is 7.93. The molecule has 1 aromatic heterocycles. The van der Waals surface area contributed by atoms with Crippen LogP contribution >= 0.6 is 0 Å². The standard InChI is InChI=1S/C32H29F3N4O3/c1-19-7-8-24(33)26(13-19)39(31(42)25-9-10-29(41)38(25)28-15-21(18-36)11-12-37-28)30(23-6-4-3-5-20(23)2)27(40)14-22-16-32(34,35)17-22/h3-8,11-13,15,22,25,30H,9-10,14,16-17H2,1-2H3/t25-,30-/m0/s1. The maximum Gasteiger partial charge on any atom is 0.251 e. The number of rotatable bonds is 8. The van der Waals surface area contributed by atoms with E-state index < -0.39 is 60.2 Å². The zero-order valence-electron chi connectivity index (χ0n) is 23.2. The second-order valence-corrected chi connectivity index (χ2v) is 11.1. The van der Waals surface area contributed by atoms with Gasteiger partial charge in [-0.05, 0) is 67.1 Å². The quantitative estimate of drug-likeness (QED) is 0.330. The molecule has 7 nitrogen and oxygen atoms in total. The lowest BCUT2D eigenvalue weighted by Crippen LogP contribution is -2.51. The number of nitriles is 1. The van der Waals surface area contributed by atoms with Gasteiger partial charge >= 0.3 is 0 Å². The average Bonchev–Trinajstić information content (AvgIpc) is 3.33. The van der Waals surface area contributed by atoms with Crippen molar-refractivity contribution in [2.75, 3.05) is 9.80 Å². The summed E-state index contributed by atoms with van der Waals surface area (Å²) in [6, 6.07) is 13.4. The maximum atomic E-state index is 15.6. The summed E-state index contributed by atoms with van der Waals surface area (Å²) in [7, 11) is 0. The molecule has 216 valence electrons. The molecule has 42 heavy (non-hydrogen) atoms. The molecule has 2 fully saturated rings. The Labute approximate surface area is 241 Å². The van der Waals surface area contributed by atoms with Gasteiger partial charge in [0, 0.05) is 31.9 Å². The van der Waals surface area contributed by atoms with E-state index in [4.69, 9.17) is 0 Å².